The van der Waals surface area contributed by atoms with Crippen molar-refractivity contribution >= 4 is 33.3 Å². The average molecular weight is 437 g/mol. The molecular formula is C21H25FN2O5S. The summed E-state index contributed by atoms with van der Waals surface area (Å²) < 4.78 is 45.0. The highest BCUT2D eigenvalue weighted by Gasteiger charge is 2.33. The second-order valence-corrected chi connectivity index (χ2v) is 8.53. The van der Waals surface area contributed by atoms with E-state index in [1.54, 1.807) is 32.9 Å². The summed E-state index contributed by atoms with van der Waals surface area (Å²) in [6, 6.07) is 8.85. The number of hydrogen-bond acceptors (Lipinski definition) is 5. The first-order valence-corrected chi connectivity index (χ1v) is 11.3. The Kier molecular flexibility index (Phi) is 7.55. The fourth-order valence-electron chi connectivity index (χ4n) is 2.98. The Hall–Kier alpha value is -2.94. The van der Waals surface area contributed by atoms with Gasteiger partial charge < -0.3 is 10.1 Å². The summed E-state index contributed by atoms with van der Waals surface area (Å²) in [5.41, 5.74) is 1.05. The van der Waals surface area contributed by atoms with Crippen LogP contribution in [0.3, 0.4) is 0 Å². The van der Waals surface area contributed by atoms with Gasteiger partial charge in [0.05, 0.1) is 24.1 Å². The monoisotopic (exact) mass is 436 g/mol. The van der Waals surface area contributed by atoms with E-state index in [-0.39, 0.29) is 24.3 Å². The number of ether oxygens (including phenoxy) is 1. The predicted octanol–water partition coefficient (Wildman–Crippen LogP) is 3.49. The number of hydrogen-bond donors (Lipinski definition) is 1. The molecule has 1 N–H and O–H groups in total. The first-order valence-electron chi connectivity index (χ1n) is 9.42. The molecule has 0 aliphatic heterocycles. The van der Waals surface area contributed by atoms with Crippen molar-refractivity contribution in [2.75, 3.05) is 22.5 Å². The minimum atomic E-state index is -3.97. The Bertz CT molecular complexity index is 1040. The summed E-state index contributed by atoms with van der Waals surface area (Å²) in [5.74, 6) is -1.94. The number of anilines is 2. The molecule has 0 spiro atoms. The minimum Gasteiger partial charge on any atom is -0.462 e. The second-order valence-electron chi connectivity index (χ2n) is 6.67. The Balaban J connectivity index is 2.41. The molecule has 0 bridgehead atoms. The minimum absolute atomic E-state index is 0.101. The zero-order chi connectivity index (χ0) is 22.5. The van der Waals surface area contributed by atoms with Crippen LogP contribution in [0.2, 0.25) is 0 Å². The molecule has 0 aliphatic rings. The maximum atomic E-state index is 14.3. The Morgan fingerprint density at radius 3 is 2.40 bits per heavy atom. The molecule has 0 aliphatic carbocycles. The normalized spacial score (nSPS) is 12.2. The van der Waals surface area contributed by atoms with Gasteiger partial charge in [0.25, 0.3) is 0 Å². The lowest BCUT2D eigenvalue weighted by molar-refractivity contribution is -0.117. The van der Waals surface area contributed by atoms with Crippen LogP contribution in [0.25, 0.3) is 0 Å². The number of rotatable bonds is 8. The quantitative estimate of drug-likeness (QED) is 0.640. The first-order chi connectivity index (χ1) is 14.1. The van der Waals surface area contributed by atoms with Gasteiger partial charge in [-0.05, 0) is 50.1 Å². The van der Waals surface area contributed by atoms with Crippen molar-refractivity contribution in [2.24, 2.45) is 0 Å². The summed E-state index contributed by atoms with van der Waals surface area (Å²) in [4.78, 5) is 25.0. The number of para-hydroxylation sites is 1. The van der Waals surface area contributed by atoms with Gasteiger partial charge >= 0.3 is 5.97 Å². The van der Waals surface area contributed by atoms with Crippen molar-refractivity contribution in [1.29, 1.82) is 0 Å². The number of sulfonamides is 1. The van der Waals surface area contributed by atoms with Crippen LogP contribution in [0.4, 0.5) is 15.8 Å². The summed E-state index contributed by atoms with van der Waals surface area (Å²) in [7, 11) is -3.97. The number of esters is 1. The number of halogens is 1. The second kappa shape index (κ2) is 9.71. The maximum absolute atomic E-state index is 14.3. The molecule has 0 aromatic heterocycles. The van der Waals surface area contributed by atoms with Gasteiger partial charge in [-0.15, -0.1) is 0 Å². The van der Waals surface area contributed by atoms with Crippen molar-refractivity contribution < 1.29 is 27.1 Å². The molecule has 0 saturated heterocycles. The van der Waals surface area contributed by atoms with E-state index >= 15 is 0 Å². The van der Waals surface area contributed by atoms with E-state index in [4.69, 9.17) is 4.74 Å². The van der Waals surface area contributed by atoms with Crippen molar-refractivity contribution in [3.8, 4) is 0 Å². The van der Waals surface area contributed by atoms with Crippen LogP contribution in [0, 0.1) is 12.7 Å². The van der Waals surface area contributed by atoms with Crippen molar-refractivity contribution in [3.05, 3.63) is 59.4 Å². The summed E-state index contributed by atoms with van der Waals surface area (Å²) in [6.45, 7) is 5.25. The fourth-order valence-corrected chi connectivity index (χ4v) is 4.19. The summed E-state index contributed by atoms with van der Waals surface area (Å²) in [5, 5.41) is 2.67. The number of carbonyl (C=O) groups excluding carboxylic acids is 2. The van der Waals surface area contributed by atoms with E-state index in [1.807, 2.05) is 0 Å². The number of aryl methyl sites for hydroxylation is 1. The van der Waals surface area contributed by atoms with Gasteiger partial charge in [-0.2, -0.15) is 0 Å². The zero-order valence-electron chi connectivity index (χ0n) is 17.3. The van der Waals surface area contributed by atoms with Gasteiger partial charge in [0.1, 0.15) is 11.9 Å². The molecule has 0 unspecified atom stereocenters. The fraction of sp³-hybridized carbons (Fsp3) is 0.333. The average Bonchev–Trinajstić information content (AvgIpc) is 2.67. The molecule has 0 heterocycles. The van der Waals surface area contributed by atoms with Gasteiger partial charge in [0.2, 0.25) is 15.9 Å². The van der Waals surface area contributed by atoms with E-state index in [1.165, 1.54) is 24.3 Å². The number of nitrogens with zero attached hydrogens (tertiary/aromatic N) is 1. The number of amides is 1. The third kappa shape index (κ3) is 5.35. The molecule has 162 valence electrons. The Morgan fingerprint density at radius 1 is 1.17 bits per heavy atom. The standard InChI is InChI=1S/C21H25FN2O5S/c1-5-18(24(30(4,27)28)19-10-8-7-9-16(19)22)20(25)23-17-13-15(12-11-14(17)3)21(26)29-6-2/h7-13,18H,5-6H2,1-4H3,(H,23,25)/t18-/m0/s1. The smallest absolute Gasteiger partial charge is 0.338 e. The lowest BCUT2D eigenvalue weighted by Gasteiger charge is -2.30. The molecule has 2 aromatic carbocycles. The van der Waals surface area contributed by atoms with E-state index in [0.29, 0.717) is 11.3 Å². The molecule has 0 radical (unpaired) electrons. The molecule has 1 amide bonds. The first kappa shape index (κ1) is 23.3. The SMILES string of the molecule is CCOC(=O)c1ccc(C)c(NC(=O)[C@H](CC)N(c2ccccc2F)S(C)(=O)=O)c1. The van der Waals surface area contributed by atoms with Crippen LogP contribution < -0.4 is 9.62 Å². The van der Waals surface area contributed by atoms with Crippen molar-refractivity contribution in [1.82, 2.24) is 0 Å². The van der Waals surface area contributed by atoms with Gasteiger partial charge in [0, 0.05) is 5.69 Å². The van der Waals surface area contributed by atoms with Crippen LogP contribution >= 0.6 is 0 Å². The van der Waals surface area contributed by atoms with Crippen molar-refractivity contribution in [3.63, 3.8) is 0 Å². The van der Waals surface area contributed by atoms with Gasteiger partial charge in [-0.1, -0.05) is 25.1 Å². The van der Waals surface area contributed by atoms with Gasteiger partial charge in [-0.25, -0.2) is 17.6 Å². The van der Waals surface area contributed by atoms with E-state index in [0.717, 1.165) is 16.6 Å². The van der Waals surface area contributed by atoms with Crippen molar-refractivity contribution in [2.45, 2.75) is 33.2 Å². The van der Waals surface area contributed by atoms with Crippen LogP contribution in [0.15, 0.2) is 42.5 Å². The molecule has 1 atom stereocenters. The third-order valence-corrected chi connectivity index (χ3v) is 5.59. The zero-order valence-corrected chi connectivity index (χ0v) is 18.1. The summed E-state index contributed by atoms with van der Waals surface area (Å²) in [6.07, 6.45) is 1.02. The highest BCUT2D eigenvalue weighted by Crippen LogP contribution is 2.26. The third-order valence-electron chi connectivity index (χ3n) is 4.43. The molecule has 30 heavy (non-hydrogen) atoms. The van der Waals surface area contributed by atoms with E-state index in [9.17, 15) is 22.4 Å². The number of carbonyl (C=O) groups is 2. The predicted molar refractivity (Wildman–Crippen MR) is 114 cm³/mol. The molecule has 2 aromatic rings. The van der Waals surface area contributed by atoms with E-state index in [2.05, 4.69) is 5.32 Å². The molecular weight excluding hydrogens is 411 g/mol. The highest BCUT2D eigenvalue weighted by atomic mass is 32.2. The largest absolute Gasteiger partial charge is 0.462 e. The van der Waals surface area contributed by atoms with Gasteiger partial charge in [-0.3, -0.25) is 9.10 Å². The highest BCUT2D eigenvalue weighted by molar-refractivity contribution is 7.92. The molecule has 0 saturated carbocycles. The summed E-state index contributed by atoms with van der Waals surface area (Å²) >= 11 is 0. The number of nitrogens with one attached hydrogen (secondary N) is 1. The Labute approximate surface area is 175 Å². The lowest BCUT2D eigenvalue weighted by atomic mass is 10.1. The van der Waals surface area contributed by atoms with Gasteiger partial charge in [0.15, 0.2) is 0 Å². The van der Waals surface area contributed by atoms with Crippen LogP contribution in [-0.4, -0.2) is 39.2 Å². The molecule has 0 fully saturated rings. The maximum Gasteiger partial charge on any atom is 0.338 e. The van der Waals surface area contributed by atoms with E-state index < -0.39 is 33.8 Å². The molecule has 2 rings (SSSR count). The Morgan fingerprint density at radius 2 is 1.83 bits per heavy atom. The lowest BCUT2D eigenvalue weighted by Crippen LogP contribution is -2.47. The topological polar surface area (TPSA) is 92.8 Å². The number of benzene rings is 2. The van der Waals surface area contributed by atoms with Crippen LogP contribution in [0.5, 0.6) is 0 Å². The van der Waals surface area contributed by atoms with Crippen LogP contribution in [0.1, 0.15) is 36.2 Å². The molecule has 7 nitrogen and oxygen atoms in total. The van der Waals surface area contributed by atoms with Crippen LogP contribution in [-0.2, 0) is 19.6 Å². The molecule has 9 heteroatoms.